The van der Waals surface area contributed by atoms with Crippen LogP contribution in [0.1, 0.15) is 100 Å². The van der Waals surface area contributed by atoms with E-state index in [-0.39, 0.29) is 53.8 Å². The first-order valence-corrected chi connectivity index (χ1v) is 18.6. The van der Waals surface area contributed by atoms with Crippen LogP contribution in [0.25, 0.3) is 0 Å². The largest absolute Gasteiger partial charge is 1.00 e. The zero-order valence-corrected chi connectivity index (χ0v) is 38.2. The minimum Gasteiger partial charge on any atom is -1.00 e. The number of carbonyl (C=O) groups excluding carboxylic acids is 1. The number of ether oxygens (including phenoxy) is 1. The Labute approximate surface area is 338 Å². The zero-order chi connectivity index (χ0) is 39.0. The van der Waals surface area contributed by atoms with E-state index in [9.17, 15) is 9.90 Å². The first-order chi connectivity index (χ1) is 23.1. The lowest BCUT2D eigenvalue weighted by Gasteiger charge is -2.42. The highest BCUT2D eigenvalue weighted by atomic mass is 79.9. The summed E-state index contributed by atoms with van der Waals surface area (Å²) in [6, 6.07) is 17.8. The second-order valence-corrected chi connectivity index (χ2v) is 15.9. The van der Waals surface area contributed by atoms with Crippen molar-refractivity contribution in [3.63, 3.8) is 0 Å². The van der Waals surface area contributed by atoms with Crippen LogP contribution < -0.4 is 43.8 Å². The summed E-state index contributed by atoms with van der Waals surface area (Å²) in [5.41, 5.74) is 1.29. The third kappa shape index (κ3) is 15.3. The second-order valence-electron chi connectivity index (χ2n) is 15.9. The maximum Gasteiger partial charge on any atom is 0.131 e. The van der Waals surface area contributed by atoms with Crippen LogP contribution >= 0.6 is 0 Å². The molecule has 0 aromatic heterocycles. The maximum atomic E-state index is 11.3. The Morgan fingerprint density at radius 2 is 0.788 bits per heavy atom. The van der Waals surface area contributed by atoms with Gasteiger partial charge in [0.15, 0.2) is 0 Å². The quantitative estimate of drug-likeness (QED) is 0.233. The predicted molar refractivity (Wildman–Crippen MR) is 205 cm³/mol. The Morgan fingerprint density at radius 3 is 0.962 bits per heavy atom. The van der Waals surface area contributed by atoms with Crippen LogP contribution in [0.15, 0.2) is 48.5 Å². The van der Waals surface area contributed by atoms with E-state index in [4.69, 9.17) is 20.1 Å². The van der Waals surface area contributed by atoms with Crippen molar-refractivity contribution >= 4 is 5.97 Å². The minimum atomic E-state index is -1.10. The van der Waals surface area contributed by atoms with Gasteiger partial charge in [0.05, 0.1) is 89.1 Å². The summed E-state index contributed by atoms with van der Waals surface area (Å²) in [4.78, 5) is 11.3. The van der Waals surface area contributed by atoms with E-state index in [0.29, 0.717) is 58.9 Å². The van der Waals surface area contributed by atoms with Gasteiger partial charge in [0, 0.05) is 11.1 Å². The van der Waals surface area contributed by atoms with Gasteiger partial charge in [0.1, 0.15) is 31.1 Å². The average Bonchev–Trinajstić information content (AvgIpc) is 3.04. The number of aliphatic carboxylic acids is 1. The number of carboxylic acid groups (broad SMARTS) is 1. The molecule has 1 aliphatic heterocycles. The topological polar surface area (TPSA) is 110 Å². The molecular weight excluding hydrogens is 790 g/mol. The molecule has 11 heteroatoms. The summed E-state index contributed by atoms with van der Waals surface area (Å²) in [5.74, 6) is -0.690. The first-order valence-electron chi connectivity index (χ1n) is 18.6. The second kappa shape index (κ2) is 25.5. The van der Waals surface area contributed by atoms with Crippen molar-refractivity contribution in [3.05, 3.63) is 59.7 Å². The molecule has 0 atom stereocenters. The molecule has 0 spiro atoms. The van der Waals surface area contributed by atoms with Crippen molar-refractivity contribution in [2.45, 2.75) is 125 Å². The van der Waals surface area contributed by atoms with Gasteiger partial charge in [-0.3, -0.25) is 0 Å². The first kappa shape index (κ1) is 54.8. The van der Waals surface area contributed by atoms with Crippen LogP contribution in [0.4, 0.5) is 0 Å². The summed E-state index contributed by atoms with van der Waals surface area (Å²) < 4.78 is 8.53. The number of halogens is 2. The van der Waals surface area contributed by atoms with Gasteiger partial charge in [-0.05, 0) is 95.2 Å². The number of likely N-dealkylation sites (N-methyl/N-ethyl adjacent to an activating group) is 3. The lowest BCUT2D eigenvalue weighted by Crippen LogP contribution is -3.00. The number of hydrogen-bond acceptors (Lipinski definition) is 6. The molecule has 0 unspecified atom stereocenters. The third-order valence-electron chi connectivity index (χ3n) is 11.7. The third-order valence-corrected chi connectivity index (χ3v) is 11.7. The Kier molecular flexibility index (Phi) is 26.9. The van der Waals surface area contributed by atoms with Crippen molar-refractivity contribution in [2.24, 2.45) is 0 Å². The Balaban J connectivity index is -0.000000625. The molecule has 0 amide bonds. The lowest BCUT2D eigenvalue weighted by atomic mass is 9.88. The number of aliphatic hydroxyl groups excluding tert-OH is 3. The SMILES string of the molecule is CC(C)[N+](C)(CCO)C(C)C.CC(C)[N+](C)(CCO)C(C)C.CC(C)[N+](C)(CCO)C(C)C.O=C([O-])C1c2ccccc2Oc2ccccc21.[Br-].[Br-]. The van der Waals surface area contributed by atoms with Gasteiger partial charge < -0.3 is 77.4 Å². The van der Waals surface area contributed by atoms with E-state index in [1.165, 1.54) is 0 Å². The number of carbonyl (C=O) groups is 1. The standard InChI is InChI=1S/C14H10O3.3C9H22NO.2BrH/c15-14(16)13-9-5-1-3-7-11(9)17-12-8-4-2-6-10(12)13;3*1-8(2)10(5,6-7-11)9(3)4;;/h1-8,13H,(H,15,16);3*8-9,11H,6-7H2,1-5H3;2*1H/q;3*+1;;/p-3. The molecule has 304 valence electrons. The highest BCUT2D eigenvalue weighted by molar-refractivity contribution is 5.82. The smallest absolute Gasteiger partial charge is 0.131 e. The minimum absolute atomic E-state index is 0. The fraction of sp³-hybridized carbons (Fsp3) is 0.683. The number of hydrogen-bond donors (Lipinski definition) is 3. The zero-order valence-electron chi connectivity index (χ0n) is 35.1. The molecule has 0 radical (unpaired) electrons. The molecule has 0 bridgehead atoms. The van der Waals surface area contributed by atoms with Crippen molar-refractivity contribution < 1.29 is 77.4 Å². The fourth-order valence-electron chi connectivity index (χ4n) is 6.15. The molecule has 9 nitrogen and oxygen atoms in total. The lowest BCUT2D eigenvalue weighted by molar-refractivity contribution is -0.949. The van der Waals surface area contributed by atoms with Crippen LogP contribution in [0.3, 0.4) is 0 Å². The molecule has 0 fully saturated rings. The number of nitrogens with zero attached hydrogens (tertiary/aromatic N) is 3. The van der Waals surface area contributed by atoms with E-state index in [1.54, 1.807) is 36.4 Å². The fourth-order valence-corrected chi connectivity index (χ4v) is 6.15. The van der Waals surface area contributed by atoms with Crippen molar-refractivity contribution in [3.8, 4) is 11.5 Å². The molecule has 0 aliphatic carbocycles. The van der Waals surface area contributed by atoms with Crippen molar-refractivity contribution in [2.75, 3.05) is 60.6 Å². The van der Waals surface area contributed by atoms with E-state index < -0.39 is 11.9 Å². The van der Waals surface area contributed by atoms with Crippen LogP contribution in [0.5, 0.6) is 11.5 Å². The molecule has 52 heavy (non-hydrogen) atoms. The van der Waals surface area contributed by atoms with Gasteiger partial charge in [-0.15, -0.1) is 0 Å². The Bertz CT molecular complexity index is 1120. The van der Waals surface area contributed by atoms with E-state index in [2.05, 4.69) is 104 Å². The number of benzene rings is 2. The van der Waals surface area contributed by atoms with Gasteiger partial charge in [0.2, 0.25) is 0 Å². The van der Waals surface area contributed by atoms with Crippen molar-refractivity contribution in [1.29, 1.82) is 0 Å². The molecule has 2 aromatic rings. The van der Waals surface area contributed by atoms with Gasteiger partial charge >= 0.3 is 0 Å². The van der Waals surface area contributed by atoms with Gasteiger partial charge in [-0.25, -0.2) is 0 Å². The monoisotopic (exact) mass is 863 g/mol. The number of fused-ring (bicyclic) bond motifs is 2. The molecule has 1 aliphatic rings. The molecule has 3 N–H and O–H groups in total. The average molecular weight is 866 g/mol. The summed E-state index contributed by atoms with van der Waals surface area (Å²) in [6.45, 7) is 29.9. The van der Waals surface area contributed by atoms with Crippen LogP contribution in [-0.4, -0.2) is 132 Å². The van der Waals surface area contributed by atoms with Crippen LogP contribution in [-0.2, 0) is 4.79 Å². The van der Waals surface area contributed by atoms with E-state index in [1.807, 2.05) is 12.1 Å². The van der Waals surface area contributed by atoms with Crippen LogP contribution in [0.2, 0.25) is 0 Å². The van der Waals surface area contributed by atoms with Gasteiger partial charge in [-0.2, -0.15) is 0 Å². The number of quaternary nitrogens is 3. The number of aliphatic hydroxyl groups is 3. The normalized spacial score (nSPS) is 12.7. The molecule has 0 saturated heterocycles. The number of carboxylic acids is 1. The van der Waals surface area contributed by atoms with Crippen LogP contribution in [0, 0.1) is 0 Å². The van der Waals surface area contributed by atoms with Crippen molar-refractivity contribution in [1.82, 2.24) is 0 Å². The van der Waals surface area contributed by atoms with E-state index in [0.717, 1.165) is 33.1 Å². The van der Waals surface area contributed by atoms with E-state index >= 15 is 0 Å². The number of rotatable bonds is 13. The molecule has 0 saturated carbocycles. The maximum absolute atomic E-state index is 11.3. The summed E-state index contributed by atoms with van der Waals surface area (Å²) in [5, 5.41) is 38.0. The highest BCUT2D eigenvalue weighted by Gasteiger charge is 2.31. The predicted octanol–water partition coefficient (Wildman–Crippen LogP) is -0.592. The van der Waals surface area contributed by atoms with Gasteiger partial charge in [0.25, 0.3) is 0 Å². The summed E-state index contributed by atoms with van der Waals surface area (Å²) in [7, 11) is 6.60. The molecule has 2 aromatic carbocycles. The Hall–Kier alpha value is -1.57. The highest BCUT2D eigenvalue weighted by Crippen LogP contribution is 2.43. The summed E-state index contributed by atoms with van der Waals surface area (Å²) in [6.07, 6.45) is 0. The summed E-state index contributed by atoms with van der Waals surface area (Å²) >= 11 is 0. The molecule has 1 heterocycles. The molecular formula is C41H75Br2N3O6. The molecule has 3 rings (SSSR count). The number of para-hydroxylation sites is 2. The Morgan fingerprint density at radius 1 is 0.558 bits per heavy atom. The van der Waals surface area contributed by atoms with Gasteiger partial charge in [-0.1, -0.05) is 36.4 Å².